The second kappa shape index (κ2) is 2.60. The third-order valence-corrected chi connectivity index (χ3v) is 1.48. The lowest BCUT2D eigenvalue weighted by atomic mass is 10.3. The molecule has 0 fully saturated rings. The fourth-order valence-electron chi connectivity index (χ4n) is 0.957. The highest BCUT2D eigenvalue weighted by Gasteiger charge is 2.15. The van der Waals surface area contributed by atoms with E-state index >= 15 is 0 Å². The fourth-order valence-corrected chi connectivity index (χ4v) is 0.957. The Morgan fingerprint density at radius 3 is 3.08 bits per heavy atom. The van der Waals surface area contributed by atoms with Crippen LogP contribution >= 0.6 is 0 Å². The molecule has 60 valence electrons. The Labute approximate surface area is 69.5 Å². The molecule has 0 radical (unpaired) electrons. The fraction of sp³-hybridized carbons (Fsp3) is 0. The Balaban J connectivity index is 2.29. The summed E-state index contributed by atoms with van der Waals surface area (Å²) in [7, 11) is 0. The maximum Gasteiger partial charge on any atom is 0.429 e. The number of benzene rings is 1. The van der Waals surface area contributed by atoms with Crippen LogP contribution in [0.15, 0.2) is 24.3 Å². The largest absolute Gasteiger partial charge is 0.429 e. The zero-order chi connectivity index (χ0) is 8.39. The standard InChI is InChI=1S/C7H7N5/c8-6-2-1-3-7(4-6)12-10-5-9-11-12/h1-4,11H,8H2/p+1. The molecule has 1 aliphatic heterocycles. The van der Waals surface area contributed by atoms with Gasteiger partial charge in [0.25, 0.3) is 0 Å². The van der Waals surface area contributed by atoms with Gasteiger partial charge in [-0.3, -0.25) is 0 Å². The van der Waals surface area contributed by atoms with E-state index in [-0.39, 0.29) is 0 Å². The summed E-state index contributed by atoms with van der Waals surface area (Å²) >= 11 is 0. The van der Waals surface area contributed by atoms with Crippen LogP contribution in [0.3, 0.4) is 0 Å². The smallest absolute Gasteiger partial charge is 0.399 e. The van der Waals surface area contributed by atoms with Gasteiger partial charge in [0, 0.05) is 5.69 Å². The highest BCUT2D eigenvalue weighted by molar-refractivity contribution is 5.56. The van der Waals surface area contributed by atoms with Crippen molar-refractivity contribution in [2.24, 2.45) is 0 Å². The molecular weight excluding hydrogens is 154 g/mol. The van der Waals surface area contributed by atoms with Crippen LogP contribution in [0.5, 0.6) is 0 Å². The van der Waals surface area contributed by atoms with E-state index in [1.807, 2.05) is 24.3 Å². The van der Waals surface area contributed by atoms with Gasteiger partial charge in [-0.15, -0.1) is 5.43 Å². The van der Waals surface area contributed by atoms with Crippen LogP contribution in [0, 0.1) is 6.19 Å². The molecule has 1 heterocycles. The molecule has 12 heavy (non-hydrogen) atoms. The minimum atomic E-state index is 0.705. The van der Waals surface area contributed by atoms with Crippen LogP contribution in [0.4, 0.5) is 11.4 Å². The third-order valence-electron chi connectivity index (χ3n) is 1.48. The van der Waals surface area contributed by atoms with Crippen LogP contribution in [-0.2, 0) is 0 Å². The monoisotopic (exact) mass is 162 g/mol. The van der Waals surface area contributed by atoms with E-state index in [4.69, 9.17) is 5.73 Å². The molecular formula is C7H8N5+. The lowest BCUT2D eigenvalue weighted by Gasteiger charge is -2.03. The van der Waals surface area contributed by atoms with Gasteiger partial charge in [0.15, 0.2) is 0 Å². The van der Waals surface area contributed by atoms with Gasteiger partial charge in [-0.05, 0) is 33.8 Å². The molecule has 0 aromatic heterocycles. The molecule has 2 rings (SSSR count). The van der Waals surface area contributed by atoms with E-state index in [0.717, 1.165) is 5.69 Å². The number of nitrogens with two attached hydrogens (primary N) is 1. The van der Waals surface area contributed by atoms with Crippen LogP contribution in [0.2, 0.25) is 0 Å². The van der Waals surface area contributed by atoms with E-state index in [2.05, 4.69) is 22.1 Å². The number of hydrazine groups is 2. The Bertz CT molecular complexity index is 350. The number of anilines is 2. The summed E-state index contributed by atoms with van der Waals surface area (Å²) in [4.78, 5) is 3.85. The van der Waals surface area contributed by atoms with E-state index in [0.29, 0.717) is 5.69 Å². The molecule has 0 saturated carbocycles. The van der Waals surface area contributed by atoms with Crippen LogP contribution in [-0.4, -0.2) is 0 Å². The van der Waals surface area contributed by atoms with Crippen molar-refractivity contribution in [3.05, 3.63) is 29.2 Å². The van der Waals surface area contributed by atoms with E-state index in [1.54, 1.807) is 0 Å². The first-order valence-electron chi connectivity index (χ1n) is 3.48. The van der Waals surface area contributed by atoms with Gasteiger partial charge in [0.2, 0.25) is 0 Å². The average molecular weight is 162 g/mol. The zero-order valence-electron chi connectivity index (χ0n) is 6.28. The van der Waals surface area contributed by atoms with Gasteiger partial charge in [-0.25, -0.2) is 0 Å². The minimum absolute atomic E-state index is 0.705. The van der Waals surface area contributed by atoms with Gasteiger partial charge < -0.3 is 5.73 Å². The molecule has 0 spiro atoms. The summed E-state index contributed by atoms with van der Waals surface area (Å²) in [5.74, 6) is 0. The number of hydrogen-bond donors (Lipinski definition) is 3. The normalized spacial score (nSPS) is 13.5. The van der Waals surface area contributed by atoms with Crippen LogP contribution in [0.25, 0.3) is 4.95 Å². The van der Waals surface area contributed by atoms with E-state index in [1.165, 1.54) is 5.12 Å². The van der Waals surface area contributed by atoms with Crippen LogP contribution < -0.4 is 21.8 Å². The maximum atomic E-state index is 5.59. The Morgan fingerprint density at radius 2 is 2.42 bits per heavy atom. The van der Waals surface area contributed by atoms with Crippen molar-refractivity contribution in [2.75, 3.05) is 10.9 Å². The highest BCUT2D eigenvalue weighted by Crippen LogP contribution is 2.16. The summed E-state index contributed by atoms with van der Waals surface area (Å²) in [5, 5.41) is 1.54. The zero-order valence-corrected chi connectivity index (χ0v) is 6.28. The van der Waals surface area contributed by atoms with Crippen LogP contribution in [0.1, 0.15) is 0 Å². The first kappa shape index (κ1) is 6.76. The quantitative estimate of drug-likeness (QED) is 0.410. The van der Waals surface area contributed by atoms with Crippen molar-refractivity contribution in [2.45, 2.75) is 0 Å². The molecule has 0 amide bonds. The Kier molecular flexibility index (Phi) is 1.47. The molecule has 0 aliphatic carbocycles. The van der Waals surface area contributed by atoms with Gasteiger partial charge >= 0.3 is 6.19 Å². The Hall–Kier alpha value is -1.93. The molecule has 0 bridgehead atoms. The lowest BCUT2D eigenvalue weighted by molar-refractivity contribution is 0.682. The summed E-state index contributed by atoms with van der Waals surface area (Å²) < 4.78 is 0. The number of nitrogens with zero attached hydrogens (tertiary/aromatic N) is 2. The van der Waals surface area contributed by atoms with Crippen molar-refractivity contribution < 1.29 is 0 Å². The van der Waals surface area contributed by atoms with Crippen molar-refractivity contribution in [3.8, 4) is 6.19 Å². The number of rotatable bonds is 1. The van der Waals surface area contributed by atoms with Crippen molar-refractivity contribution in [1.82, 2.24) is 11.0 Å². The third kappa shape index (κ3) is 1.11. The average Bonchev–Trinajstić information content (AvgIpc) is 2.56. The topological polar surface area (TPSA) is 57.7 Å². The number of nitrogen functional groups attached to an aromatic ring is 1. The highest BCUT2D eigenvalue weighted by atomic mass is 15.8. The van der Waals surface area contributed by atoms with Crippen molar-refractivity contribution >= 4 is 11.4 Å². The van der Waals surface area contributed by atoms with E-state index < -0.39 is 0 Å². The molecule has 4 N–H and O–H groups in total. The SMILES string of the molecule is Nc1cccc(N2[N+]#CNN2)c1. The molecule has 1 aromatic rings. The first-order valence-corrected chi connectivity index (χ1v) is 3.48. The van der Waals surface area contributed by atoms with Gasteiger partial charge in [-0.2, -0.15) is 0 Å². The predicted octanol–water partition coefficient (Wildman–Crippen LogP) is 0.303. The van der Waals surface area contributed by atoms with Gasteiger partial charge in [-0.1, -0.05) is 6.07 Å². The summed E-state index contributed by atoms with van der Waals surface area (Å²) in [6.07, 6.45) is 2.54. The number of nitrogens with one attached hydrogen (secondary N) is 2. The molecule has 1 aliphatic rings. The molecule has 5 nitrogen and oxygen atoms in total. The molecule has 0 unspecified atom stereocenters. The maximum absolute atomic E-state index is 5.59. The van der Waals surface area contributed by atoms with Gasteiger partial charge in [0.1, 0.15) is 5.69 Å². The predicted molar refractivity (Wildman–Crippen MR) is 46.9 cm³/mol. The summed E-state index contributed by atoms with van der Waals surface area (Å²) in [6, 6.07) is 7.38. The molecule has 0 atom stereocenters. The summed E-state index contributed by atoms with van der Waals surface area (Å²) in [6.45, 7) is 0. The lowest BCUT2D eigenvalue weighted by Crippen LogP contribution is -2.35. The summed E-state index contributed by atoms with van der Waals surface area (Å²) in [5.41, 5.74) is 12.5. The van der Waals surface area contributed by atoms with E-state index in [9.17, 15) is 0 Å². The molecule has 5 heteroatoms. The second-order valence-electron chi connectivity index (χ2n) is 2.36. The molecule has 1 aromatic carbocycles. The van der Waals surface area contributed by atoms with Gasteiger partial charge in [0.05, 0.1) is 0 Å². The minimum Gasteiger partial charge on any atom is -0.399 e. The first-order chi connectivity index (χ1) is 5.86. The van der Waals surface area contributed by atoms with Crippen molar-refractivity contribution in [3.63, 3.8) is 0 Å². The molecule has 0 saturated heterocycles. The van der Waals surface area contributed by atoms with Crippen molar-refractivity contribution in [1.29, 1.82) is 0 Å². The Morgan fingerprint density at radius 1 is 1.50 bits per heavy atom. The second-order valence-corrected chi connectivity index (χ2v) is 2.36. The number of hydrogen-bond acceptors (Lipinski definition) is 4.